The van der Waals surface area contributed by atoms with E-state index in [9.17, 15) is 0 Å². The molecular formula is C22H21N5O. The van der Waals surface area contributed by atoms with Gasteiger partial charge in [-0.05, 0) is 35.4 Å². The van der Waals surface area contributed by atoms with E-state index in [2.05, 4.69) is 49.7 Å². The summed E-state index contributed by atoms with van der Waals surface area (Å²) in [7, 11) is 0. The summed E-state index contributed by atoms with van der Waals surface area (Å²) in [6.07, 6.45) is 3.47. The van der Waals surface area contributed by atoms with E-state index in [-0.39, 0.29) is 0 Å². The lowest BCUT2D eigenvalue weighted by Gasteiger charge is -2.08. The largest absolute Gasteiger partial charge is 0.489 e. The van der Waals surface area contributed by atoms with E-state index >= 15 is 0 Å². The molecule has 2 aromatic heterocycles. The fourth-order valence-electron chi connectivity index (χ4n) is 2.77. The molecule has 140 valence electrons. The molecule has 0 fully saturated rings. The van der Waals surface area contributed by atoms with E-state index in [1.54, 1.807) is 12.4 Å². The molecule has 0 radical (unpaired) electrons. The molecule has 2 heterocycles. The van der Waals surface area contributed by atoms with E-state index < -0.39 is 0 Å². The number of nitrogens with zero attached hydrogens (tertiary/aromatic N) is 3. The second-order valence-corrected chi connectivity index (χ2v) is 6.36. The number of hydrogen-bond acceptors (Lipinski definition) is 5. The number of hydrogen-bond donors (Lipinski definition) is 2. The Morgan fingerprint density at radius 2 is 1.61 bits per heavy atom. The first-order valence-electron chi connectivity index (χ1n) is 9.15. The molecule has 2 aromatic carbocycles. The second kappa shape index (κ2) is 8.92. The van der Waals surface area contributed by atoms with Gasteiger partial charge < -0.3 is 10.1 Å². The predicted octanol–water partition coefficient (Wildman–Crippen LogP) is 3.74. The highest BCUT2D eigenvalue weighted by Crippen LogP contribution is 2.15. The minimum atomic E-state index is 0.573. The van der Waals surface area contributed by atoms with E-state index in [0.29, 0.717) is 19.0 Å². The van der Waals surface area contributed by atoms with Crippen LogP contribution in [0.15, 0.2) is 79.1 Å². The van der Waals surface area contributed by atoms with E-state index in [4.69, 9.17) is 4.74 Å². The summed E-state index contributed by atoms with van der Waals surface area (Å²) in [6.45, 7) is 1.93. The lowest BCUT2D eigenvalue weighted by Crippen LogP contribution is -2.13. The third-order valence-corrected chi connectivity index (χ3v) is 4.26. The van der Waals surface area contributed by atoms with Crippen molar-refractivity contribution in [3.63, 3.8) is 0 Å². The highest BCUT2D eigenvalue weighted by Gasteiger charge is 2.05. The van der Waals surface area contributed by atoms with Crippen molar-refractivity contribution in [1.29, 1.82) is 0 Å². The van der Waals surface area contributed by atoms with Crippen LogP contribution in [0.5, 0.6) is 5.75 Å². The van der Waals surface area contributed by atoms with Gasteiger partial charge in [0, 0.05) is 24.5 Å². The fraction of sp³-hybridized carbons (Fsp3) is 0.136. The Balaban J connectivity index is 1.25. The second-order valence-electron chi connectivity index (χ2n) is 6.36. The van der Waals surface area contributed by atoms with Gasteiger partial charge in [-0.3, -0.25) is 10.1 Å². The number of aromatic nitrogens is 4. The van der Waals surface area contributed by atoms with Crippen LogP contribution in [0.4, 0.5) is 0 Å². The summed E-state index contributed by atoms with van der Waals surface area (Å²) in [5.41, 5.74) is 3.29. The SMILES string of the molecule is c1ccc(COc2ccc(CNCc3nc(-c4ccncc4)n[nH]3)cc2)cc1. The van der Waals surface area contributed by atoms with Crippen LogP contribution >= 0.6 is 0 Å². The minimum Gasteiger partial charge on any atom is -0.489 e. The van der Waals surface area contributed by atoms with Crippen LogP contribution in [0.1, 0.15) is 17.0 Å². The smallest absolute Gasteiger partial charge is 0.181 e. The first-order chi connectivity index (χ1) is 13.9. The summed E-state index contributed by atoms with van der Waals surface area (Å²) >= 11 is 0. The molecule has 6 nitrogen and oxygen atoms in total. The predicted molar refractivity (Wildman–Crippen MR) is 107 cm³/mol. The molecule has 28 heavy (non-hydrogen) atoms. The highest BCUT2D eigenvalue weighted by molar-refractivity contribution is 5.52. The average molecular weight is 371 g/mol. The molecule has 0 spiro atoms. The van der Waals surface area contributed by atoms with Gasteiger partial charge in [0.25, 0.3) is 0 Å². The Morgan fingerprint density at radius 1 is 0.821 bits per heavy atom. The van der Waals surface area contributed by atoms with Crippen LogP contribution in [-0.2, 0) is 19.7 Å². The molecule has 0 unspecified atom stereocenters. The van der Waals surface area contributed by atoms with Crippen molar-refractivity contribution in [3.8, 4) is 17.1 Å². The maximum atomic E-state index is 5.82. The molecule has 0 aliphatic carbocycles. The Hall–Kier alpha value is -3.51. The average Bonchev–Trinajstić information content (AvgIpc) is 3.24. The number of ether oxygens (including phenoxy) is 1. The zero-order valence-electron chi connectivity index (χ0n) is 15.4. The van der Waals surface area contributed by atoms with Crippen molar-refractivity contribution >= 4 is 0 Å². The van der Waals surface area contributed by atoms with Crippen LogP contribution in [0, 0.1) is 0 Å². The number of benzene rings is 2. The van der Waals surface area contributed by atoms with Crippen molar-refractivity contribution in [1.82, 2.24) is 25.5 Å². The minimum absolute atomic E-state index is 0.573. The van der Waals surface area contributed by atoms with E-state index in [1.165, 1.54) is 5.56 Å². The Morgan fingerprint density at radius 3 is 2.39 bits per heavy atom. The molecule has 0 aliphatic rings. The summed E-state index contributed by atoms with van der Waals surface area (Å²) < 4.78 is 5.82. The van der Waals surface area contributed by atoms with Crippen molar-refractivity contribution in [2.45, 2.75) is 19.7 Å². The first kappa shape index (κ1) is 17.9. The Kier molecular flexibility index (Phi) is 5.70. The third-order valence-electron chi connectivity index (χ3n) is 4.26. The topological polar surface area (TPSA) is 75.7 Å². The summed E-state index contributed by atoms with van der Waals surface area (Å²) in [5.74, 6) is 2.35. The molecule has 0 aliphatic heterocycles. The number of aromatic amines is 1. The van der Waals surface area contributed by atoms with Gasteiger partial charge in [-0.15, -0.1) is 0 Å². The lowest BCUT2D eigenvalue weighted by atomic mass is 10.2. The van der Waals surface area contributed by atoms with Crippen molar-refractivity contribution < 1.29 is 4.74 Å². The van der Waals surface area contributed by atoms with Crippen molar-refractivity contribution in [3.05, 3.63) is 96.1 Å². The quantitative estimate of drug-likeness (QED) is 0.493. The number of rotatable bonds is 8. The van der Waals surface area contributed by atoms with Gasteiger partial charge in [0.15, 0.2) is 5.82 Å². The third kappa shape index (κ3) is 4.81. The monoisotopic (exact) mass is 371 g/mol. The molecule has 0 saturated heterocycles. The summed E-state index contributed by atoms with van der Waals surface area (Å²) in [4.78, 5) is 8.51. The molecule has 4 aromatic rings. The van der Waals surface area contributed by atoms with Gasteiger partial charge in [-0.25, -0.2) is 4.98 Å². The summed E-state index contributed by atoms with van der Waals surface area (Å²) in [6, 6.07) is 22.1. The molecule has 0 saturated carbocycles. The zero-order chi connectivity index (χ0) is 19.0. The lowest BCUT2D eigenvalue weighted by molar-refractivity contribution is 0.306. The standard InChI is InChI=1S/C22H21N5O/c1-2-4-18(5-3-1)16-28-20-8-6-17(7-9-20)14-24-15-21-25-22(27-26-21)19-10-12-23-13-11-19/h1-13,24H,14-16H2,(H,25,26,27). The normalized spacial score (nSPS) is 10.7. The van der Waals surface area contributed by atoms with Crippen molar-refractivity contribution in [2.75, 3.05) is 0 Å². The molecule has 4 rings (SSSR count). The van der Waals surface area contributed by atoms with Gasteiger partial charge >= 0.3 is 0 Å². The summed E-state index contributed by atoms with van der Waals surface area (Å²) in [5, 5.41) is 10.6. The van der Waals surface area contributed by atoms with Gasteiger partial charge in [0.05, 0.1) is 6.54 Å². The maximum Gasteiger partial charge on any atom is 0.181 e. The Labute approximate surface area is 163 Å². The van der Waals surface area contributed by atoms with Gasteiger partial charge in [-0.1, -0.05) is 42.5 Å². The number of nitrogens with one attached hydrogen (secondary N) is 2. The molecular weight excluding hydrogens is 350 g/mol. The molecule has 0 atom stereocenters. The molecule has 2 N–H and O–H groups in total. The van der Waals surface area contributed by atoms with E-state index in [1.807, 2.05) is 42.5 Å². The molecule has 6 heteroatoms. The highest BCUT2D eigenvalue weighted by atomic mass is 16.5. The molecule has 0 amide bonds. The van der Waals surface area contributed by atoms with Crippen LogP contribution in [0.3, 0.4) is 0 Å². The van der Waals surface area contributed by atoms with Crippen molar-refractivity contribution in [2.24, 2.45) is 0 Å². The fourth-order valence-corrected chi connectivity index (χ4v) is 2.77. The van der Waals surface area contributed by atoms with Crippen LogP contribution in [-0.4, -0.2) is 20.2 Å². The van der Waals surface area contributed by atoms with Gasteiger partial charge in [-0.2, -0.15) is 5.10 Å². The number of H-pyrrole nitrogens is 1. The van der Waals surface area contributed by atoms with Gasteiger partial charge in [0.2, 0.25) is 0 Å². The van der Waals surface area contributed by atoms with Gasteiger partial charge in [0.1, 0.15) is 18.2 Å². The van der Waals surface area contributed by atoms with E-state index in [0.717, 1.165) is 29.2 Å². The maximum absolute atomic E-state index is 5.82. The first-order valence-corrected chi connectivity index (χ1v) is 9.15. The number of pyridine rings is 1. The van der Waals surface area contributed by atoms with Crippen LogP contribution in [0.2, 0.25) is 0 Å². The van der Waals surface area contributed by atoms with Crippen LogP contribution in [0.25, 0.3) is 11.4 Å². The van der Waals surface area contributed by atoms with Crippen LogP contribution < -0.4 is 10.1 Å². The Bertz CT molecular complexity index is 984. The zero-order valence-corrected chi connectivity index (χ0v) is 15.4. The molecule has 0 bridgehead atoms.